The molecule has 4 aromatic carbocycles. The summed E-state index contributed by atoms with van der Waals surface area (Å²) in [4.78, 5) is 28.9. The Morgan fingerprint density at radius 1 is 0.909 bits per heavy atom. The van der Waals surface area contributed by atoms with E-state index in [0.29, 0.717) is 17.3 Å². The van der Waals surface area contributed by atoms with Gasteiger partial charge >= 0.3 is 0 Å². The highest BCUT2D eigenvalue weighted by Crippen LogP contribution is 2.27. The van der Waals surface area contributed by atoms with Crippen LogP contribution >= 0.6 is 11.6 Å². The van der Waals surface area contributed by atoms with Crippen LogP contribution in [-0.4, -0.2) is 51.4 Å². The molecule has 4 aromatic rings. The number of benzene rings is 4. The molecule has 1 atom stereocenters. The van der Waals surface area contributed by atoms with Crippen LogP contribution in [0.1, 0.15) is 18.1 Å². The minimum Gasteiger partial charge on any atom is -0.497 e. The van der Waals surface area contributed by atoms with Gasteiger partial charge in [-0.05, 0) is 67.1 Å². The number of rotatable bonds is 13. The standard InChI is InChI=1S/C33H33ClFN3O5S/c1-3-36-33(40)31(21-24-9-5-4-6-10-24)37(22-25-11-7-8-12-30(25)35)32(39)23-38(27-15-13-26(34)14-16-27)44(41,42)29-19-17-28(43-2)18-20-29/h4-20,31H,3,21-23H2,1-2H3,(H,36,40)/t31-/m1/s1. The van der Waals surface area contributed by atoms with Gasteiger partial charge in [0.05, 0.1) is 17.7 Å². The van der Waals surface area contributed by atoms with Gasteiger partial charge in [-0.25, -0.2) is 12.8 Å². The van der Waals surface area contributed by atoms with E-state index < -0.39 is 40.2 Å². The summed E-state index contributed by atoms with van der Waals surface area (Å²) in [6.07, 6.45) is 0.124. The number of likely N-dealkylation sites (N-methyl/N-ethyl adjacent to an activating group) is 1. The van der Waals surface area contributed by atoms with Gasteiger partial charge in [0.15, 0.2) is 0 Å². The van der Waals surface area contributed by atoms with E-state index in [2.05, 4.69) is 5.32 Å². The third kappa shape index (κ3) is 7.94. The molecule has 0 saturated carbocycles. The summed E-state index contributed by atoms with van der Waals surface area (Å²) in [5.41, 5.74) is 1.14. The van der Waals surface area contributed by atoms with Gasteiger partial charge in [0.25, 0.3) is 10.0 Å². The monoisotopic (exact) mass is 637 g/mol. The van der Waals surface area contributed by atoms with E-state index in [1.807, 2.05) is 30.3 Å². The van der Waals surface area contributed by atoms with Crippen LogP contribution in [0.5, 0.6) is 5.75 Å². The largest absolute Gasteiger partial charge is 0.497 e. The van der Waals surface area contributed by atoms with Crippen LogP contribution in [-0.2, 0) is 32.6 Å². The number of hydrogen-bond acceptors (Lipinski definition) is 5. The first-order valence-corrected chi connectivity index (χ1v) is 15.7. The third-order valence-electron chi connectivity index (χ3n) is 6.96. The topological polar surface area (TPSA) is 96.0 Å². The first-order chi connectivity index (χ1) is 21.1. The summed E-state index contributed by atoms with van der Waals surface area (Å²) in [5.74, 6) is -1.25. The number of anilines is 1. The molecule has 1 N–H and O–H groups in total. The molecule has 0 aromatic heterocycles. The number of methoxy groups -OCH3 is 1. The van der Waals surface area contributed by atoms with Gasteiger partial charge in [0.1, 0.15) is 24.2 Å². The van der Waals surface area contributed by atoms with Crippen molar-refractivity contribution >= 4 is 39.1 Å². The maximum atomic E-state index is 14.9. The number of halogens is 2. The second-order valence-electron chi connectivity index (χ2n) is 9.88. The van der Waals surface area contributed by atoms with Crippen molar-refractivity contribution < 1.29 is 27.1 Å². The number of carbonyl (C=O) groups is 2. The van der Waals surface area contributed by atoms with Crippen molar-refractivity contribution in [2.45, 2.75) is 30.8 Å². The molecule has 0 unspecified atom stereocenters. The second kappa shape index (κ2) is 14.9. The Morgan fingerprint density at radius 3 is 2.16 bits per heavy atom. The van der Waals surface area contributed by atoms with Crippen molar-refractivity contribution in [3.05, 3.63) is 125 Å². The van der Waals surface area contributed by atoms with Gasteiger partial charge in [0, 0.05) is 30.1 Å². The van der Waals surface area contributed by atoms with Crippen LogP contribution < -0.4 is 14.4 Å². The molecule has 44 heavy (non-hydrogen) atoms. The van der Waals surface area contributed by atoms with Crippen molar-refractivity contribution in [2.75, 3.05) is 24.5 Å². The number of carbonyl (C=O) groups excluding carboxylic acids is 2. The van der Waals surface area contributed by atoms with Gasteiger partial charge in [-0.2, -0.15) is 0 Å². The Morgan fingerprint density at radius 2 is 1.55 bits per heavy atom. The number of nitrogens with one attached hydrogen (secondary N) is 1. The van der Waals surface area contributed by atoms with Crippen LogP contribution in [0.4, 0.5) is 10.1 Å². The molecule has 2 amide bonds. The van der Waals surface area contributed by atoms with Gasteiger partial charge in [0.2, 0.25) is 11.8 Å². The fourth-order valence-corrected chi connectivity index (χ4v) is 6.21. The average molecular weight is 638 g/mol. The van der Waals surface area contributed by atoms with Crippen LogP contribution in [0.2, 0.25) is 5.02 Å². The van der Waals surface area contributed by atoms with Crippen molar-refractivity contribution in [2.24, 2.45) is 0 Å². The van der Waals surface area contributed by atoms with E-state index >= 15 is 0 Å². The van der Waals surface area contributed by atoms with Crippen LogP contribution in [0.25, 0.3) is 0 Å². The van der Waals surface area contributed by atoms with Gasteiger partial charge in [-0.15, -0.1) is 0 Å². The summed E-state index contributed by atoms with van der Waals surface area (Å²) < 4.78 is 49.1. The van der Waals surface area contributed by atoms with E-state index in [4.69, 9.17) is 16.3 Å². The molecule has 11 heteroatoms. The fraction of sp³-hybridized carbons (Fsp3) is 0.212. The summed E-state index contributed by atoms with van der Waals surface area (Å²) in [6, 6.07) is 25.8. The van der Waals surface area contributed by atoms with E-state index in [0.717, 1.165) is 9.87 Å². The highest BCUT2D eigenvalue weighted by atomic mass is 35.5. The van der Waals surface area contributed by atoms with Crippen LogP contribution in [0, 0.1) is 5.82 Å². The molecule has 0 spiro atoms. The molecule has 0 heterocycles. The Hall–Kier alpha value is -4.41. The molecule has 0 saturated heterocycles. The zero-order valence-corrected chi connectivity index (χ0v) is 25.9. The van der Waals surface area contributed by atoms with Gasteiger partial charge in [-0.3, -0.25) is 13.9 Å². The van der Waals surface area contributed by atoms with Crippen LogP contribution in [0.15, 0.2) is 108 Å². The first kappa shape index (κ1) is 32.5. The quantitative estimate of drug-likeness (QED) is 0.210. The highest BCUT2D eigenvalue weighted by Gasteiger charge is 2.35. The highest BCUT2D eigenvalue weighted by molar-refractivity contribution is 7.92. The Kier molecular flexibility index (Phi) is 11.0. The zero-order chi connectivity index (χ0) is 31.7. The molecule has 230 valence electrons. The molecule has 0 bridgehead atoms. The first-order valence-electron chi connectivity index (χ1n) is 13.9. The number of amides is 2. The summed E-state index contributed by atoms with van der Waals surface area (Å²) in [6.45, 7) is 1.12. The minimum atomic E-state index is -4.30. The van der Waals surface area contributed by atoms with E-state index in [1.165, 1.54) is 78.7 Å². The SMILES string of the molecule is CCNC(=O)[C@@H](Cc1ccccc1)N(Cc1ccccc1F)C(=O)CN(c1ccc(Cl)cc1)S(=O)(=O)c1ccc(OC)cc1. The molecule has 0 aliphatic carbocycles. The molecular weight excluding hydrogens is 605 g/mol. The molecule has 8 nitrogen and oxygen atoms in total. The lowest BCUT2D eigenvalue weighted by molar-refractivity contribution is -0.140. The molecule has 0 aliphatic rings. The van der Waals surface area contributed by atoms with Crippen molar-refractivity contribution in [1.82, 2.24) is 10.2 Å². The van der Waals surface area contributed by atoms with Crippen molar-refractivity contribution in [1.29, 1.82) is 0 Å². The molecular formula is C33H33ClFN3O5S. The maximum absolute atomic E-state index is 14.9. The molecule has 4 rings (SSSR count). The molecule has 0 fully saturated rings. The Bertz CT molecular complexity index is 1670. The lowest BCUT2D eigenvalue weighted by atomic mass is 10.0. The van der Waals surface area contributed by atoms with E-state index in [9.17, 15) is 22.4 Å². The van der Waals surface area contributed by atoms with E-state index in [-0.39, 0.29) is 29.1 Å². The maximum Gasteiger partial charge on any atom is 0.264 e. The minimum absolute atomic E-state index is 0.0775. The predicted molar refractivity (Wildman–Crippen MR) is 169 cm³/mol. The lowest BCUT2D eigenvalue weighted by Gasteiger charge is -2.34. The fourth-order valence-electron chi connectivity index (χ4n) is 4.67. The third-order valence-corrected chi connectivity index (χ3v) is 9.00. The lowest BCUT2D eigenvalue weighted by Crippen LogP contribution is -2.53. The number of sulfonamides is 1. The summed E-state index contributed by atoms with van der Waals surface area (Å²) in [7, 11) is -2.84. The zero-order valence-electron chi connectivity index (χ0n) is 24.3. The number of hydrogen-bond donors (Lipinski definition) is 1. The number of nitrogens with zero attached hydrogens (tertiary/aromatic N) is 2. The smallest absolute Gasteiger partial charge is 0.264 e. The van der Waals surface area contributed by atoms with E-state index in [1.54, 1.807) is 13.0 Å². The van der Waals surface area contributed by atoms with Crippen molar-refractivity contribution in [3.8, 4) is 5.75 Å². The normalized spacial score (nSPS) is 11.8. The Balaban J connectivity index is 1.80. The van der Waals surface area contributed by atoms with Gasteiger partial charge < -0.3 is 15.0 Å². The van der Waals surface area contributed by atoms with Crippen LogP contribution in [0.3, 0.4) is 0 Å². The second-order valence-corrected chi connectivity index (χ2v) is 12.2. The van der Waals surface area contributed by atoms with Crippen molar-refractivity contribution in [3.63, 3.8) is 0 Å². The van der Waals surface area contributed by atoms with Gasteiger partial charge in [-0.1, -0.05) is 60.1 Å². The predicted octanol–water partition coefficient (Wildman–Crippen LogP) is 5.46. The molecule has 0 radical (unpaired) electrons. The average Bonchev–Trinajstić information content (AvgIpc) is 3.03. The molecule has 0 aliphatic heterocycles. The summed E-state index contributed by atoms with van der Waals surface area (Å²) in [5, 5.41) is 3.15. The Labute approximate surface area is 262 Å². The summed E-state index contributed by atoms with van der Waals surface area (Å²) >= 11 is 6.09. The number of ether oxygens (including phenoxy) is 1.